The van der Waals surface area contributed by atoms with Crippen molar-refractivity contribution in [1.82, 2.24) is 4.90 Å². The maximum Gasteiger partial charge on any atom is 0.416 e. The Morgan fingerprint density at radius 1 is 1.36 bits per heavy atom. The standard InChI is InChI=1S/C14H21NO5S2/c1-4-21-14(22-5-2)8-9(12(17)19-3)10(14)11(16)15-6-7-20-13(15)18/h9-10H,4-8H2,1-3H3/t9-,10-/m1/s1. The van der Waals surface area contributed by atoms with Gasteiger partial charge in [-0.05, 0) is 17.9 Å². The Balaban J connectivity index is 2.26. The first kappa shape index (κ1) is 17.5. The van der Waals surface area contributed by atoms with E-state index in [2.05, 4.69) is 0 Å². The number of esters is 1. The molecule has 1 saturated carbocycles. The van der Waals surface area contributed by atoms with Crippen molar-refractivity contribution < 1.29 is 23.9 Å². The quantitative estimate of drug-likeness (QED) is 0.537. The molecule has 1 heterocycles. The van der Waals surface area contributed by atoms with E-state index in [9.17, 15) is 14.4 Å². The number of cyclic esters (lactones) is 1. The van der Waals surface area contributed by atoms with E-state index in [1.165, 1.54) is 7.11 Å². The van der Waals surface area contributed by atoms with Crippen LogP contribution in [-0.2, 0) is 19.1 Å². The largest absolute Gasteiger partial charge is 0.469 e. The molecule has 1 saturated heterocycles. The van der Waals surface area contributed by atoms with E-state index in [1.54, 1.807) is 23.5 Å². The molecule has 8 heteroatoms. The minimum absolute atomic E-state index is 0.217. The zero-order chi connectivity index (χ0) is 16.3. The highest BCUT2D eigenvalue weighted by Crippen LogP contribution is 2.60. The smallest absolute Gasteiger partial charge is 0.416 e. The van der Waals surface area contributed by atoms with Crippen molar-refractivity contribution in [2.75, 3.05) is 31.8 Å². The predicted octanol–water partition coefficient (Wildman–Crippen LogP) is 1.98. The number of hydrogen-bond acceptors (Lipinski definition) is 7. The number of carbonyl (C=O) groups is 3. The first-order valence-electron chi connectivity index (χ1n) is 7.34. The van der Waals surface area contributed by atoms with Crippen LogP contribution in [0.5, 0.6) is 0 Å². The molecule has 2 amide bonds. The third-order valence-electron chi connectivity index (χ3n) is 3.95. The van der Waals surface area contributed by atoms with E-state index in [4.69, 9.17) is 9.47 Å². The number of methoxy groups -OCH3 is 1. The van der Waals surface area contributed by atoms with Crippen molar-refractivity contribution in [1.29, 1.82) is 0 Å². The Morgan fingerprint density at radius 3 is 2.45 bits per heavy atom. The second kappa shape index (κ2) is 7.12. The van der Waals surface area contributed by atoms with E-state index in [0.717, 1.165) is 16.4 Å². The van der Waals surface area contributed by atoms with Crippen LogP contribution in [0.4, 0.5) is 4.79 Å². The lowest BCUT2D eigenvalue weighted by molar-refractivity contribution is -0.158. The Bertz CT molecular complexity index is 464. The van der Waals surface area contributed by atoms with E-state index in [-0.39, 0.29) is 29.1 Å². The number of amides is 2. The number of hydrogen-bond donors (Lipinski definition) is 0. The lowest BCUT2D eigenvalue weighted by atomic mass is 9.71. The number of nitrogens with zero attached hydrogens (tertiary/aromatic N) is 1. The van der Waals surface area contributed by atoms with Gasteiger partial charge in [0.2, 0.25) is 5.91 Å². The number of rotatable bonds is 6. The van der Waals surface area contributed by atoms with E-state index >= 15 is 0 Å². The first-order valence-corrected chi connectivity index (χ1v) is 9.31. The zero-order valence-corrected chi connectivity index (χ0v) is 14.6. The monoisotopic (exact) mass is 347 g/mol. The van der Waals surface area contributed by atoms with Crippen molar-refractivity contribution in [3.63, 3.8) is 0 Å². The van der Waals surface area contributed by atoms with E-state index in [1.807, 2.05) is 13.8 Å². The molecule has 0 N–H and O–H groups in total. The molecule has 2 aliphatic rings. The SMILES string of the molecule is CCSC1(SCC)C[C@@H](C(=O)OC)[C@@H]1C(=O)N1CCOC1=O. The molecule has 0 bridgehead atoms. The number of thioether (sulfide) groups is 2. The van der Waals surface area contributed by atoms with Crippen LogP contribution in [-0.4, -0.2) is 58.7 Å². The van der Waals surface area contributed by atoms with Crippen LogP contribution in [0.1, 0.15) is 20.3 Å². The van der Waals surface area contributed by atoms with Gasteiger partial charge in [-0.1, -0.05) is 13.8 Å². The normalized spacial score (nSPS) is 26.3. The fourth-order valence-electron chi connectivity index (χ4n) is 3.02. The molecule has 2 rings (SSSR count). The summed E-state index contributed by atoms with van der Waals surface area (Å²) in [5, 5.41) is 0. The topological polar surface area (TPSA) is 72.9 Å². The summed E-state index contributed by atoms with van der Waals surface area (Å²) in [6.45, 7) is 4.53. The summed E-state index contributed by atoms with van der Waals surface area (Å²) in [6.07, 6.45) is -0.0203. The molecule has 6 nitrogen and oxygen atoms in total. The van der Waals surface area contributed by atoms with Gasteiger partial charge in [-0.25, -0.2) is 9.69 Å². The molecule has 1 aliphatic heterocycles. The minimum Gasteiger partial charge on any atom is -0.469 e. The maximum absolute atomic E-state index is 12.8. The average molecular weight is 347 g/mol. The van der Waals surface area contributed by atoms with Crippen LogP contribution in [0, 0.1) is 11.8 Å². The zero-order valence-electron chi connectivity index (χ0n) is 13.0. The molecule has 2 fully saturated rings. The molecule has 0 radical (unpaired) electrons. The van der Waals surface area contributed by atoms with E-state index < -0.39 is 17.9 Å². The van der Waals surface area contributed by atoms with Crippen LogP contribution >= 0.6 is 23.5 Å². The lowest BCUT2D eigenvalue weighted by Crippen LogP contribution is -2.60. The van der Waals surface area contributed by atoms with Crippen LogP contribution in [0.25, 0.3) is 0 Å². The summed E-state index contributed by atoms with van der Waals surface area (Å²) in [6, 6.07) is 0. The summed E-state index contributed by atoms with van der Waals surface area (Å²) in [5.74, 6) is -0.0324. The fraction of sp³-hybridized carbons (Fsp3) is 0.786. The van der Waals surface area contributed by atoms with Gasteiger partial charge in [0.15, 0.2) is 0 Å². The molecule has 124 valence electrons. The van der Waals surface area contributed by atoms with Gasteiger partial charge in [0.1, 0.15) is 6.61 Å². The van der Waals surface area contributed by atoms with Gasteiger partial charge in [-0.3, -0.25) is 9.59 Å². The molecule has 22 heavy (non-hydrogen) atoms. The maximum atomic E-state index is 12.8. The van der Waals surface area contributed by atoms with Crippen molar-refractivity contribution >= 4 is 41.5 Å². The van der Waals surface area contributed by atoms with Crippen molar-refractivity contribution in [2.24, 2.45) is 11.8 Å². The van der Waals surface area contributed by atoms with Crippen LogP contribution in [0.2, 0.25) is 0 Å². The Labute approximate surface area is 138 Å². The molecular weight excluding hydrogens is 326 g/mol. The summed E-state index contributed by atoms with van der Waals surface area (Å²) >= 11 is 3.35. The van der Waals surface area contributed by atoms with Gasteiger partial charge in [-0.15, -0.1) is 23.5 Å². The van der Waals surface area contributed by atoms with Gasteiger partial charge < -0.3 is 9.47 Å². The Kier molecular flexibility index (Phi) is 5.65. The highest BCUT2D eigenvalue weighted by Gasteiger charge is 2.62. The Morgan fingerprint density at radius 2 is 2.00 bits per heavy atom. The third kappa shape index (κ3) is 2.95. The summed E-state index contributed by atoms with van der Waals surface area (Å²) in [7, 11) is 1.33. The fourth-order valence-corrected chi connectivity index (χ4v) is 6.52. The van der Waals surface area contributed by atoms with Crippen molar-refractivity contribution in [3.8, 4) is 0 Å². The molecular formula is C14H21NO5S2. The first-order chi connectivity index (χ1) is 10.5. The van der Waals surface area contributed by atoms with Crippen LogP contribution in [0.3, 0.4) is 0 Å². The summed E-state index contributed by atoms with van der Waals surface area (Å²) < 4.78 is 9.32. The van der Waals surface area contributed by atoms with Gasteiger partial charge in [0.25, 0.3) is 0 Å². The minimum atomic E-state index is -0.614. The van der Waals surface area contributed by atoms with Crippen molar-refractivity contribution in [3.05, 3.63) is 0 Å². The summed E-state index contributed by atoms with van der Waals surface area (Å²) in [4.78, 5) is 37.6. The predicted molar refractivity (Wildman–Crippen MR) is 85.7 cm³/mol. The van der Waals surface area contributed by atoms with Crippen LogP contribution < -0.4 is 0 Å². The Hall–Kier alpha value is -0.890. The molecule has 0 unspecified atom stereocenters. The van der Waals surface area contributed by atoms with Gasteiger partial charge in [0, 0.05) is 0 Å². The molecule has 0 aromatic heterocycles. The summed E-state index contributed by atoms with van der Waals surface area (Å²) in [5.41, 5.74) is 0. The highest BCUT2D eigenvalue weighted by atomic mass is 32.2. The second-order valence-electron chi connectivity index (χ2n) is 5.09. The second-order valence-corrected chi connectivity index (χ2v) is 8.54. The molecule has 0 spiro atoms. The number of ether oxygens (including phenoxy) is 2. The van der Waals surface area contributed by atoms with Gasteiger partial charge >= 0.3 is 12.1 Å². The molecule has 0 aromatic rings. The highest BCUT2D eigenvalue weighted by molar-refractivity contribution is 8.18. The third-order valence-corrected chi connectivity index (χ3v) is 7.06. The van der Waals surface area contributed by atoms with Gasteiger partial charge in [-0.2, -0.15) is 0 Å². The van der Waals surface area contributed by atoms with Crippen LogP contribution in [0.15, 0.2) is 0 Å². The van der Waals surface area contributed by atoms with Gasteiger partial charge in [0.05, 0.1) is 29.6 Å². The number of carbonyl (C=O) groups excluding carboxylic acids is 3. The van der Waals surface area contributed by atoms with E-state index in [0.29, 0.717) is 6.42 Å². The number of imide groups is 1. The molecule has 1 aliphatic carbocycles. The molecule has 0 aromatic carbocycles. The molecule has 2 atom stereocenters. The van der Waals surface area contributed by atoms with Crippen molar-refractivity contribution in [2.45, 2.75) is 24.3 Å². The average Bonchev–Trinajstić information content (AvgIpc) is 2.90. The lowest BCUT2D eigenvalue weighted by Gasteiger charge is -2.52.